The number of benzene rings is 1. The van der Waals surface area contributed by atoms with Gasteiger partial charge in [-0.15, -0.1) is 0 Å². The molecule has 0 bridgehead atoms. The van der Waals surface area contributed by atoms with Crippen LogP contribution in [0.4, 0.5) is 0 Å². The monoisotopic (exact) mass is 347 g/mol. The molecule has 7 heteroatoms. The highest BCUT2D eigenvalue weighted by Crippen LogP contribution is 2.21. The number of carbonyl (C=O) groups excluding carboxylic acids is 1. The van der Waals surface area contributed by atoms with Crippen LogP contribution in [0.1, 0.15) is 25.7 Å². The van der Waals surface area contributed by atoms with Gasteiger partial charge in [0.2, 0.25) is 5.91 Å². The first-order chi connectivity index (χ1) is 11.6. The molecule has 0 spiro atoms. The normalized spacial score (nSPS) is 20.4. The minimum atomic E-state index is -0.169. The Morgan fingerprint density at radius 1 is 1.42 bits per heavy atom. The summed E-state index contributed by atoms with van der Waals surface area (Å²) < 4.78 is 7.16. The van der Waals surface area contributed by atoms with E-state index in [4.69, 9.17) is 17.0 Å². The maximum Gasteiger partial charge on any atom is 0.262 e. The third kappa shape index (κ3) is 3.42. The number of nitrogens with zero attached hydrogens (tertiary/aromatic N) is 1. The number of hydrogen-bond acceptors (Lipinski definition) is 4. The van der Waals surface area contributed by atoms with Gasteiger partial charge in [-0.2, -0.15) is 0 Å². The molecule has 24 heavy (non-hydrogen) atoms. The highest BCUT2D eigenvalue weighted by atomic mass is 32.1. The number of methoxy groups -OCH3 is 1. The zero-order valence-electron chi connectivity index (χ0n) is 13.6. The lowest BCUT2D eigenvalue weighted by Crippen LogP contribution is -2.41. The Morgan fingerprint density at radius 3 is 3.00 bits per heavy atom. The van der Waals surface area contributed by atoms with Crippen LogP contribution in [-0.2, 0) is 16.1 Å². The van der Waals surface area contributed by atoms with Gasteiger partial charge in [0.05, 0.1) is 23.0 Å². The Labute approximate surface area is 144 Å². The molecule has 1 aromatic heterocycles. The summed E-state index contributed by atoms with van der Waals surface area (Å²) in [6.45, 7) is 0.259. The van der Waals surface area contributed by atoms with Crippen LogP contribution in [0.3, 0.4) is 0 Å². The fraction of sp³-hybridized carbons (Fsp3) is 0.471. The lowest BCUT2D eigenvalue weighted by Gasteiger charge is -2.19. The van der Waals surface area contributed by atoms with Gasteiger partial charge in [-0.25, -0.2) is 0 Å². The predicted molar refractivity (Wildman–Crippen MR) is 94.6 cm³/mol. The Balaban J connectivity index is 1.70. The van der Waals surface area contributed by atoms with Crippen LogP contribution >= 0.6 is 12.2 Å². The number of aromatic nitrogens is 2. The molecule has 128 valence electrons. The van der Waals surface area contributed by atoms with Crippen LogP contribution in [0.25, 0.3) is 10.9 Å². The van der Waals surface area contributed by atoms with E-state index in [0.717, 1.165) is 19.3 Å². The zero-order chi connectivity index (χ0) is 17.1. The van der Waals surface area contributed by atoms with E-state index in [0.29, 0.717) is 15.7 Å². The molecule has 2 aromatic rings. The highest BCUT2D eigenvalue weighted by molar-refractivity contribution is 7.71. The molecule has 1 amide bonds. The molecule has 1 aromatic carbocycles. The summed E-state index contributed by atoms with van der Waals surface area (Å²) in [6, 6.07) is 7.28. The smallest absolute Gasteiger partial charge is 0.262 e. The van der Waals surface area contributed by atoms with E-state index in [-0.39, 0.29) is 36.6 Å². The number of H-pyrrole nitrogens is 1. The van der Waals surface area contributed by atoms with Gasteiger partial charge in [-0.1, -0.05) is 12.1 Å². The summed E-state index contributed by atoms with van der Waals surface area (Å²) in [5.41, 5.74) is 0.542. The number of amides is 1. The second-order valence-electron chi connectivity index (χ2n) is 6.06. The van der Waals surface area contributed by atoms with Gasteiger partial charge in [-0.05, 0) is 43.6 Å². The van der Waals surface area contributed by atoms with Crippen molar-refractivity contribution in [3.05, 3.63) is 39.4 Å². The molecule has 0 radical (unpaired) electrons. The number of rotatable bonds is 5. The van der Waals surface area contributed by atoms with Crippen LogP contribution in [0.5, 0.6) is 0 Å². The molecule has 1 fully saturated rings. The predicted octanol–water partition coefficient (Wildman–Crippen LogP) is 2.13. The Morgan fingerprint density at radius 2 is 2.21 bits per heavy atom. The maximum absolute atomic E-state index is 12.5. The fourth-order valence-electron chi connectivity index (χ4n) is 3.27. The quantitative estimate of drug-likeness (QED) is 0.813. The van der Waals surface area contributed by atoms with Gasteiger partial charge in [0.1, 0.15) is 0 Å². The van der Waals surface area contributed by atoms with E-state index < -0.39 is 0 Å². The average Bonchev–Trinajstić information content (AvgIpc) is 3.01. The molecular weight excluding hydrogens is 326 g/mol. The van der Waals surface area contributed by atoms with Crippen molar-refractivity contribution in [2.24, 2.45) is 0 Å². The van der Waals surface area contributed by atoms with Gasteiger partial charge in [0, 0.05) is 20.1 Å². The van der Waals surface area contributed by atoms with Crippen LogP contribution in [-0.4, -0.2) is 34.7 Å². The van der Waals surface area contributed by atoms with Crippen molar-refractivity contribution in [2.75, 3.05) is 7.11 Å². The Bertz CT molecular complexity index is 858. The van der Waals surface area contributed by atoms with Crippen LogP contribution in [0.15, 0.2) is 29.1 Å². The lowest BCUT2D eigenvalue weighted by molar-refractivity contribution is -0.122. The molecule has 6 nitrogen and oxygen atoms in total. The van der Waals surface area contributed by atoms with Crippen LogP contribution < -0.4 is 10.9 Å². The second kappa shape index (κ2) is 7.27. The number of hydrogen-bond donors (Lipinski definition) is 2. The first-order valence-electron chi connectivity index (χ1n) is 8.14. The molecular formula is C17H21N3O3S. The number of carbonyl (C=O) groups is 1. The lowest BCUT2D eigenvalue weighted by atomic mass is 10.2. The van der Waals surface area contributed by atoms with Crippen molar-refractivity contribution in [3.63, 3.8) is 0 Å². The van der Waals surface area contributed by atoms with E-state index in [2.05, 4.69) is 10.3 Å². The molecule has 0 aliphatic heterocycles. The highest BCUT2D eigenvalue weighted by Gasteiger charge is 2.28. The first-order valence-corrected chi connectivity index (χ1v) is 8.55. The number of nitrogens with one attached hydrogen (secondary N) is 2. The minimum absolute atomic E-state index is 0.0605. The number of fused-ring (bicyclic) bond motifs is 1. The summed E-state index contributed by atoms with van der Waals surface area (Å²) in [7, 11) is 1.67. The summed E-state index contributed by atoms with van der Waals surface area (Å²) in [6.07, 6.45) is 3.25. The van der Waals surface area contributed by atoms with Crippen molar-refractivity contribution >= 4 is 29.0 Å². The SMILES string of the molecule is CO[C@H]1CCC[C@H]1NC(=O)CCn1c(=S)[nH]c2ccccc2c1=O. The molecule has 1 heterocycles. The van der Waals surface area contributed by atoms with Crippen LogP contribution in [0, 0.1) is 4.77 Å². The fourth-order valence-corrected chi connectivity index (χ4v) is 3.55. The standard InChI is InChI=1S/C17H21N3O3S/c1-23-14-8-4-7-13(14)18-15(21)9-10-20-16(22)11-5-2-3-6-12(11)19-17(20)24/h2-3,5-6,13-14H,4,7-10H2,1H3,(H,18,21)(H,19,24)/t13-,14+/m1/s1. The van der Waals surface area contributed by atoms with Gasteiger partial charge in [0.25, 0.3) is 5.56 Å². The first kappa shape index (κ1) is 16.9. The van der Waals surface area contributed by atoms with E-state index in [1.165, 1.54) is 4.57 Å². The van der Waals surface area contributed by atoms with Gasteiger partial charge >= 0.3 is 0 Å². The minimum Gasteiger partial charge on any atom is -0.379 e. The molecule has 1 aliphatic rings. The van der Waals surface area contributed by atoms with E-state index >= 15 is 0 Å². The molecule has 0 unspecified atom stereocenters. The van der Waals surface area contributed by atoms with Gasteiger partial charge in [-0.3, -0.25) is 14.2 Å². The van der Waals surface area contributed by atoms with Crippen molar-refractivity contribution < 1.29 is 9.53 Å². The zero-order valence-corrected chi connectivity index (χ0v) is 14.4. The summed E-state index contributed by atoms with van der Waals surface area (Å²) in [5, 5.41) is 3.57. The molecule has 2 N–H and O–H groups in total. The van der Waals surface area contributed by atoms with Crippen LogP contribution in [0.2, 0.25) is 0 Å². The van der Waals surface area contributed by atoms with E-state index in [9.17, 15) is 9.59 Å². The van der Waals surface area contributed by atoms with Crippen molar-refractivity contribution in [1.82, 2.24) is 14.9 Å². The molecule has 3 rings (SSSR count). The van der Waals surface area contributed by atoms with E-state index in [1.807, 2.05) is 18.2 Å². The van der Waals surface area contributed by atoms with Crippen molar-refractivity contribution in [1.29, 1.82) is 0 Å². The Kier molecular flexibility index (Phi) is 5.11. The molecule has 1 aliphatic carbocycles. The van der Waals surface area contributed by atoms with Crippen molar-refractivity contribution in [2.45, 2.75) is 44.4 Å². The molecule has 1 saturated carbocycles. The number of ether oxygens (including phenoxy) is 1. The summed E-state index contributed by atoms with van der Waals surface area (Å²) >= 11 is 5.26. The number of aromatic amines is 1. The van der Waals surface area contributed by atoms with Crippen molar-refractivity contribution in [3.8, 4) is 0 Å². The van der Waals surface area contributed by atoms with Gasteiger partial charge in [0.15, 0.2) is 4.77 Å². The Hall–Kier alpha value is -1.99. The second-order valence-corrected chi connectivity index (χ2v) is 6.45. The largest absolute Gasteiger partial charge is 0.379 e. The average molecular weight is 347 g/mol. The third-order valence-corrected chi connectivity index (χ3v) is 4.88. The number of para-hydroxylation sites is 1. The topological polar surface area (TPSA) is 76.1 Å². The van der Waals surface area contributed by atoms with E-state index in [1.54, 1.807) is 13.2 Å². The molecule has 0 saturated heterocycles. The summed E-state index contributed by atoms with van der Waals surface area (Å²) in [5.74, 6) is -0.0848. The molecule has 2 atom stereocenters. The summed E-state index contributed by atoms with van der Waals surface area (Å²) in [4.78, 5) is 27.8. The van der Waals surface area contributed by atoms with Gasteiger partial charge < -0.3 is 15.0 Å². The third-order valence-electron chi connectivity index (χ3n) is 4.55. The maximum atomic E-state index is 12.5.